The van der Waals surface area contributed by atoms with Crippen molar-refractivity contribution in [2.45, 2.75) is 57.6 Å². The summed E-state index contributed by atoms with van der Waals surface area (Å²) in [6, 6.07) is 6.29. The molecule has 0 bridgehead atoms. The lowest BCUT2D eigenvalue weighted by Gasteiger charge is -2.41. The molecule has 0 unspecified atom stereocenters. The third-order valence-electron chi connectivity index (χ3n) is 5.73. The van der Waals surface area contributed by atoms with E-state index in [1.165, 1.54) is 26.2 Å². The number of aromatic amines is 1. The molecule has 2 amide bonds. The molecular weight excluding hydrogens is 442 g/mol. The van der Waals surface area contributed by atoms with Crippen molar-refractivity contribution in [1.82, 2.24) is 15.2 Å². The molecule has 34 heavy (non-hydrogen) atoms. The number of amides is 2. The fourth-order valence-electron chi connectivity index (χ4n) is 4.31. The molecule has 2 N–H and O–H groups in total. The maximum Gasteiger partial charge on any atom is 0.408 e. The number of carbonyl (C=O) groups excluding carboxylic acids is 3. The highest BCUT2D eigenvalue weighted by molar-refractivity contribution is 5.91. The molecule has 0 fully saturated rings. The minimum atomic E-state index is -0.885. The Balaban J connectivity index is 2.00. The number of para-hydroxylation sites is 1. The fraction of sp³-hybridized carbons (Fsp3) is 0.542. The Hall–Kier alpha value is -3.11. The summed E-state index contributed by atoms with van der Waals surface area (Å²) >= 11 is 0. The van der Waals surface area contributed by atoms with Gasteiger partial charge in [0.05, 0.1) is 13.2 Å². The molecule has 2 aromatic rings. The summed E-state index contributed by atoms with van der Waals surface area (Å²) in [7, 11) is 4.31. The summed E-state index contributed by atoms with van der Waals surface area (Å²) in [5.41, 5.74) is 1.92. The zero-order chi connectivity index (χ0) is 25.0. The second-order valence-electron chi connectivity index (χ2n) is 9.11. The smallest absolute Gasteiger partial charge is 0.408 e. The number of alkyl carbamates (subject to hydrolysis) is 1. The summed E-state index contributed by atoms with van der Waals surface area (Å²) in [5, 5.41) is 3.46. The number of H-pyrrole nitrogens is 1. The first-order valence-electron chi connectivity index (χ1n) is 11.1. The van der Waals surface area contributed by atoms with Crippen molar-refractivity contribution in [2.24, 2.45) is 0 Å². The lowest BCUT2D eigenvalue weighted by Crippen LogP contribution is -2.55. The highest BCUT2D eigenvalue weighted by Crippen LogP contribution is 2.40. The third kappa shape index (κ3) is 5.51. The zero-order valence-corrected chi connectivity index (χ0v) is 20.5. The predicted molar refractivity (Wildman–Crippen MR) is 124 cm³/mol. The maximum atomic E-state index is 13.4. The molecule has 2 atom stereocenters. The molecule has 1 aromatic carbocycles. The van der Waals surface area contributed by atoms with Crippen molar-refractivity contribution in [2.75, 3.05) is 27.9 Å². The topological polar surface area (TPSA) is 119 Å². The molecule has 2 heterocycles. The van der Waals surface area contributed by atoms with Crippen LogP contribution in [0.4, 0.5) is 4.79 Å². The molecule has 0 aliphatic carbocycles. The van der Waals surface area contributed by atoms with E-state index in [-0.39, 0.29) is 19.4 Å². The van der Waals surface area contributed by atoms with Crippen LogP contribution >= 0.6 is 0 Å². The van der Waals surface area contributed by atoms with Crippen LogP contribution in [0, 0.1) is 0 Å². The van der Waals surface area contributed by atoms with Crippen LogP contribution in [0.25, 0.3) is 10.9 Å². The molecule has 0 saturated carbocycles. The molecule has 0 saturated heterocycles. The number of ether oxygens (including phenoxy) is 4. The van der Waals surface area contributed by atoms with Crippen molar-refractivity contribution in [3.05, 3.63) is 35.5 Å². The molecule has 3 rings (SSSR count). The standard InChI is InChI=1S/C24H33N3O7/c1-24(2,3)34-23(30)25-13-19(28)27-17(12-20(31-4)32-5)21-15(11-18(27)22(29)33-6)14-9-7-8-10-16(14)26-21/h7-10,17-18,20,26H,11-13H2,1-6H3,(H,25,30)/t17-,18-/m0/s1. The van der Waals surface area contributed by atoms with Crippen molar-refractivity contribution in [3.8, 4) is 0 Å². The maximum absolute atomic E-state index is 13.4. The van der Waals surface area contributed by atoms with Gasteiger partial charge in [-0.15, -0.1) is 0 Å². The Morgan fingerprint density at radius 1 is 1.15 bits per heavy atom. The number of hydrogen-bond acceptors (Lipinski definition) is 7. The molecule has 10 nitrogen and oxygen atoms in total. The quantitative estimate of drug-likeness (QED) is 0.467. The second-order valence-corrected chi connectivity index (χ2v) is 9.11. The van der Waals surface area contributed by atoms with Crippen molar-refractivity contribution < 1.29 is 33.3 Å². The largest absolute Gasteiger partial charge is 0.467 e. The van der Waals surface area contributed by atoms with Gasteiger partial charge in [0.2, 0.25) is 5.91 Å². The first-order chi connectivity index (χ1) is 16.1. The van der Waals surface area contributed by atoms with Gasteiger partial charge in [-0.3, -0.25) is 4.79 Å². The lowest BCUT2D eigenvalue weighted by molar-refractivity contribution is -0.160. The van der Waals surface area contributed by atoms with Crippen LogP contribution in [0.1, 0.15) is 44.5 Å². The lowest BCUT2D eigenvalue weighted by atomic mass is 9.89. The number of methoxy groups -OCH3 is 3. The minimum absolute atomic E-state index is 0.262. The van der Waals surface area contributed by atoms with Gasteiger partial charge in [0, 0.05) is 43.7 Å². The van der Waals surface area contributed by atoms with Gasteiger partial charge in [-0.05, 0) is 32.4 Å². The van der Waals surface area contributed by atoms with Crippen LogP contribution in [0.3, 0.4) is 0 Å². The molecule has 1 aromatic heterocycles. The Bertz CT molecular complexity index is 1040. The van der Waals surface area contributed by atoms with Crippen molar-refractivity contribution >= 4 is 28.9 Å². The summed E-state index contributed by atoms with van der Waals surface area (Å²) in [6.07, 6.45) is -0.819. The van der Waals surface area contributed by atoms with Gasteiger partial charge in [0.1, 0.15) is 18.2 Å². The normalized spacial score (nSPS) is 18.0. The van der Waals surface area contributed by atoms with E-state index in [1.54, 1.807) is 20.8 Å². The Morgan fingerprint density at radius 3 is 2.44 bits per heavy atom. The number of carbonyl (C=O) groups is 3. The van der Waals surface area contributed by atoms with Crippen molar-refractivity contribution in [1.29, 1.82) is 0 Å². The van der Waals surface area contributed by atoms with E-state index in [0.717, 1.165) is 22.2 Å². The van der Waals surface area contributed by atoms with Crippen LogP contribution in [0.15, 0.2) is 24.3 Å². The van der Waals surface area contributed by atoms with E-state index < -0.39 is 41.9 Å². The highest BCUT2D eigenvalue weighted by Gasteiger charge is 2.44. The van der Waals surface area contributed by atoms with Crippen molar-refractivity contribution in [3.63, 3.8) is 0 Å². The average Bonchev–Trinajstić information content (AvgIpc) is 3.17. The summed E-state index contributed by atoms with van der Waals surface area (Å²) < 4.78 is 21.1. The van der Waals surface area contributed by atoms with E-state index in [9.17, 15) is 14.4 Å². The molecule has 186 valence electrons. The number of rotatable bonds is 7. The Labute approximate surface area is 198 Å². The van der Waals surface area contributed by atoms with Gasteiger partial charge in [0.15, 0.2) is 6.29 Å². The van der Waals surface area contributed by atoms with Gasteiger partial charge in [-0.2, -0.15) is 0 Å². The average molecular weight is 476 g/mol. The van der Waals surface area contributed by atoms with Gasteiger partial charge in [-0.25, -0.2) is 9.59 Å². The highest BCUT2D eigenvalue weighted by atomic mass is 16.7. The molecule has 0 spiro atoms. The minimum Gasteiger partial charge on any atom is -0.467 e. The van der Waals surface area contributed by atoms with E-state index in [4.69, 9.17) is 18.9 Å². The zero-order valence-electron chi connectivity index (χ0n) is 20.5. The number of benzene rings is 1. The first-order valence-corrected chi connectivity index (χ1v) is 11.1. The van der Waals surface area contributed by atoms with Crippen LogP contribution < -0.4 is 5.32 Å². The summed E-state index contributed by atoms with van der Waals surface area (Å²) in [5.74, 6) is -1.00. The SMILES string of the molecule is COC(=O)[C@@H]1Cc2c([nH]c3ccccc23)[C@H](CC(OC)OC)N1C(=O)CNC(=O)OC(C)(C)C. The van der Waals surface area contributed by atoms with Crippen LogP contribution in [-0.2, 0) is 35.0 Å². The van der Waals surface area contributed by atoms with Crippen LogP contribution in [0.2, 0.25) is 0 Å². The number of nitrogens with one attached hydrogen (secondary N) is 2. The van der Waals surface area contributed by atoms with Gasteiger partial charge in [-0.1, -0.05) is 18.2 Å². The third-order valence-corrected chi connectivity index (χ3v) is 5.73. The molecule has 0 radical (unpaired) electrons. The number of hydrogen-bond donors (Lipinski definition) is 2. The molecule has 1 aliphatic rings. The van der Waals surface area contributed by atoms with Gasteiger partial charge in [0.25, 0.3) is 0 Å². The van der Waals surface area contributed by atoms with E-state index in [0.29, 0.717) is 0 Å². The number of nitrogens with zero attached hydrogens (tertiary/aromatic N) is 1. The number of aromatic nitrogens is 1. The van der Waals surface area contributed by atoms with Gasteiger partial charge >= 0.3 is 12.1 Å². The number of esters is 1. The monoisotopic (exact) mass is 475 g/mol. The van der Waals surface area contributed by atoms with E-state index in [1.807, 2.05) is 24.3 Å². The summed E-state index contributed by atoms with van der Waals surface area (Å²) in [6.45, 7) is 4.85. The van der Waals surface area contributed by atoms with Crippen LogP contribution in [-0.4, -0.2) is 73.7 Å². The predicted octanol–water partition coefficient (Wildman–Crippen LogP) is 2.67. The molecular formula is C24H33N3O7. The van der Waals surface area contributed by atoms with E-state index >= 15 is 0 Å². The van der Waals surface area contributed by atoms with E-state index in [2.05, 4.69) is 10.3 Å². The molecule has 10 heteroatoms. The second kappa shape index (κ2) is 10.4. The van der Waals surface area contributed by atoms with Crippen LogP contribution in [0.5, 0.6) is 0 Å². The van der Waals surface area contributed by atoms with Gasteiger partial charge < -0.3 is 34.1 Å². The fourth-order valence-corrected chi connectivity index (χ4v) is 4.31. The number of fused-ring (bicyclic) bond motifs is 3. The molecule has 1 aliphatic heterocycles. The Kier molecular flexibility index (Phi) is 7.83. The first kappa shape index (κ1) is 25.5. The summed E-state index contributed by atoms with van der Waals surface area (Å²) in [4.78, 5) is 43.3. The Morgan fingerprint density at radius 2 is 1.82 bits per heavy atom.